The number of methoxy groups -OCH3 is 1. The van der Waals surface area contributed by atoms with Gasteiger partial charge in [0.05, 0.1) is 12.4 Å². The lowest BCUT2D eigenvalue weighted by atomic mass is 10.2. The molecule has 0 saturated heterocycles. The van der Waals surface area contributed by atoms with Gasteiger partial charge in [-0.05, 0) is 58.5 Å². The monoisotopic (exact) mass is 678 g/mol. The molecule has 0 aromatic carbocycles. The molecule has 0 rings (SSSR count). The number of likely N-dealkylation sites (N-methyl/N-ethyl adjacent to an activating group) is 1. The van der Waals surface area contributed by atoms with Crippen LogP contribution in [0.25, 0.3) is 0 Å². The molecule has 0 spiro atoms. The van der Waals surface area contributed by atoms with Gasteiger partial charge in [0.2, 0.25) is 0 Å². The van der Waals surface area contributed by atoms with Gasteiger partial charge in [-0.3, -0.25) is 0 Å². The summed E-state index contributed by atoms with van der Waals surface area (Å²) in [7, 11) is 5.85. The summed E-state index contributed by atoms with van der Waals surface area (Å²) in [6.45, 7) is 33.9. The van der Waals surface area contributed by atoms with E-state index in [-0.39, 0.29) is 33.3 Å². The highest BCUT2D eigenvalue weighted by Crippen LogP contribution is 2.05. The second-order valence-electron chi connectivity index (χ2n) is 11.2. The second-order valence-corrected chi connectivity index (χ2v) is 11.5. The third-order valence-corrected chi connectivity index (χ3v) is 4.05. The van der Waals surface area contributed by atoms with E-state index in [1.165, 1.54) is 6.08 Å². The van der Waals surface area contributed by atoms with Gasteiger partial charge in [0.15, 0.2) is 0 Å². The lowest BCUT2D eigenvalue weighted by molar-refractivity contribution is 0.233. The molecule has 0 aromatic heterocycles. The fourth-order valence-electron chi connectivity index (χ4n) is 1.61. The first-order valence-electron chi connectivity index (χ1n) is 15.6. The van der Waals surface area contributed by atoms with Crippen LogP contribution in [0.2, 0.25) is 0 Å². The first-order valence-corrected chi connectivity index (χ1v) is 16.1. The van der Waals surface area contributed by atoms with E-state index < -0.39 is 0 Å². The molecule has 0 bridgehead atoms. The number of hydrogen-bond donors (Lipinski definition) is 0. The van der Waals surface area contributed by atoms with Crippen LogP contribution in [0.15, 0.2) is 73.7 Å². The zero-order valence-electron chi connectivity index (χ0n) is 31.8. The van der Waals surface area contributed by atoms with Crippen molar-refractivity contribution >= 4 is 11.6 Å². The molecular formula is C41H82ClF2NO. The van der Waals surface area contributed by atoms with Crippen molar-refractivity contribution in [1.82, 2.24) is 4.90 Å². The Morgan fingerprint density at radius 1 is 0.761 bits per heavy atom. The highest BCUT2D eigenvalue weighted by atomic mass is 35.5. The summed E-state index contributed by atoms with van der Waals surface area (Å²) < 4.78 is 27.7. The maximum atomic E-state index is 11.6. The molecule has 0 N–H and O–H groups in total. The molecule has 46 heavy (non-hydrogen) atoms. The molecule has 0 atom stereocenters. The largest absolute Gasteiger partial charge is 0.381 e. The summed E-state index contributed by atoms with van der Waals surface area (Å²) in [5.74, 6) is 8.20. The standard InChI is InChI=1S/C8H17N.C7H14O.C6H11Cl.C6H11F.C5H9F.C4H6.C3H6.2CH4/c1-8(2)6-5-7-9(3)4;1-7(2)5-4-6-8-3;2*1-6(2)4-3-5-7;1-4(2)5(3)6;1-3-4-2;1-3-2;;/h5-6,8H,7H2,1-4H3;4-5,7H,6H2,1-3H3;2*3-4,6H,5H2,1-2H3;4H,3H2,1-2H3;1-2H3;3H,1H2,2H3;2*1H4/b6-5+;5-4+;2*4-3+;;;;;. The van der Waals surface area contributed by atoms with E-state index in [1.807, 2.05) is 52.8 Å². The third kappa shape index (κ3) is 146. The summed E-state index contributed by atoms with van der Waals surface area (Å²) in [6.07, 6.45) is 17.8. The predicted octanol–water partition coefficient (Wildman–Crippen LogP) is 13.8. The highest BCUT2D eigenvalue weighted by molar-refractivity contribution is 6.18. The fraction of sp³-hybridized carbons (Fsp3) is 0.659. The molecule has 0 fully saturated rings. The van der Waals surface area contributed by atoms with E-state index in [1.54, 1.807) is 27.0 Å². The Balaban J connectivity index is -0.0000000503. The highest BCUT2D eigenvalue weighted by Gasteiger charge is 1.92. The molecule has 5 heteroatoms. The molecule has 2 nitrogen and oxygen atoms in total. The van der Waals surface area contributed by atoms with Gasteiger partial charge in [0.1, 0.15) is 6.67 Å². The van der Waals surface area contributed by atoms with Gasteiger partial charge in [-0.15, -0.1) is 30.0 Å². The first kappa shape index (κ1) is 66.5. The summed E-state index contributed by atoms with van der Waals surface area (Å²) in [4.78, 5) is 2.15. The summed E-state index contributed by atoms with van der Waals surface area (Å²) in [5, 5.41) is 0. The number of nitrogens with zero attached hydrogens (tertiary/aromatic N) is 1. The quantitative estimate of drug-likeness (QED) is 0.123. The molecule has 0 amide bonds. The fourth-order valence-corrected chi connectivity index (χ4v) is 1.72. The number of rotatable bonds is 11. The summed E-state index contributed by atoms with van der Waals surface area (Å²) in [6, 6.07) is 0. The lowest BCUT2D eigenvalue weighted by Gasteiger charge is -2.03. The van der Waals surface area contributed by atoms with Crippen LogP contribution in [0.4, 0.5) is 8.78 Å². The van der Waals surface area contributed by atoms with Crippen molar-refractivity contribution in [3.8, 4) is 11.8 Å². The Hall–Kier alpha value is -1.93. The normalized spacial score (nSPS) is 9.67. The summed E-state index contributed by atoms with van der Waals surface area (Å²) in [5.41, 5.74) is 0. The van der Waals surface area contributed by atoms with Gasteiger partial charge in [0.25, 0.3) is 0 Å². The zero-order valence-corrected chi connectivity index (χ0v) is 32.6. The maximum Gasteiger partial charge on any atom is 0.108 e. The smallest absolute Gasteiger partial charge is 0.108 e. The Labute approximate surface area is 296 Å². The molecular weight excluding hydrogens is 596 g/mol. The van der Waals surface area contributed by atoms with Gasteiger partial charge >= 0.3 is 0 Å². The maximum absolute atomic E-state index is 11.6. The van der Waals surface area contributed by atoms with E-state index in [0.29, 0.717) is 29.6 Å². The van der Waals surface area contributed by atoms with Crippen molar-refractivity contribution < 1.29 is 13.5 Å². The van der Waals surface area contributed by atoms with E-state index in [2.05, 4.69) is 110 Å². The minimum absolute atomic E-state index is 0. The van der Waals surface area contributed by atoms with Crippen molar-refractivity contribution in [3.63, 3.8) is 0 Å². The van der Waals surface area contributed by atoms with Gasteiger partial charge in [0, 0.05) is 25.5 Å². The van der Waals surface area contributed by atoms with Crippen molar-refractivity contribution in [3.05, 3.63) is 73.7 Å². The minimum Gasteiger partial charge on any atom is -0.381 e. The van der Waals surface area contributed by atoms with Crippen molar-refractivity contribution in [1.29, 1.82) is 0 Å². The van der Waals surface area contributed by atoms with Crippen molar-refractivity contribution in [2.45, 2.75) is 105 Å². The Bertz CT molecular complexity index is 684. The van der Waals surface area contributed by atoms with Crippen LogP contribution in [0.5, 0.6) is 0 Å². The molecule has 0 saturated carbocycles. The lowest BCUT2D eigenvalue weighted by Crippen LogP contribution is -2.10. The van der Waals surface area contributed by atoms with Crippen LogP contribution < -0.4 is 0 Å². The first-order chi connectivity index (χ1) is 20.4. The number of halogens is 3. The van der Waals surface area contributed by atoms with Crippen molar-refractivity contribution in [2.24, 2.45) is 29.6 Å². The van der Waals surface area contributed by atoms with Gasteiger partial charge in [-0.25, -0.2) is 8.78 Å². The summed E-state index contributed by atoms with van der Waals surface area (Å²) >= 11 is 5.36. The third-order valence-electron chi connectivity index (χ3n) is 3.87. The van der Waals surface area contributed by atoms with Crippen LogP contribution in [-0.2, 0) is 4.74 Å². The van der Waals surface area contributed by atoms with Crippen LogP contribution in [0.1, 0.15) is 105 Å². The zero-order chi connectivity index (χ0) is 36.4. The Morgan fingerprint density at radius 3 is 1.24 bits per heavy atom. The van der Waals surface area contributed by atoms with Gasteiger partial charge in [-0.1, -0.05) is 145 Å². The molecule has 0 aliphatic rings. The predicted molar refractivity (Wildman–Crippen MR) is 217 cm³/mol. The average Bonchev–Trinajstić information content (AvgIpc) is 2.92. The van der Waals surface area contributed by atoms with Gasteiger partial charge < -0.3 is 9.64 Å². The van der Waals surface area contributed by atoms with Crippen LogP contribution in [0, 0.1) is 41.4 Å². The molecule has 278 valence electrons. The van der Waals surface area contributed by atoms with E-state index >= 15 is 0 Å². The number of allylic oxidation sites excluding steroid dienone is 8. The molecule has 0 aromatic rings. The number of ether oxygens (including phenoxy) is 1. The van der Waals surface area contributed by atoms with E-state index in [0.717, 1.165) is 13.2 Å². The molecule has 0 aliphatic carbocycles. The Kier molecular flexibility index (Phi) is 89.6. The van der Waals surface area contributed by atoms with Crippen LogP contribution in [-0.4, -0.2) is 51.8 Å². The number of hydrogen-bond acceptors (Lipinski definition) is 2. The van der Waals surface area contributed by atoms with Crippen LogP contribution >= 0.6 is 11.6 Å². The van der Waals surface area contributed by atoms with Gasteiger partial charge in [-0.2, -0.15) is 0 Å². The molecule has 0 unspecified atom stereocenters. The molecule has 0 heterocycles. The van der Waals surface area contributed by atoms with Crippen molar-refractivity contribution in [2.75, 3.05) is 46.9 Å². The van der Waals surface area contributed by atoms with E-state index in [4.69, 9.17) is 16.3 Å². The SMILES string of the molecule is C.C.C=C(F)C(C)C.C=CC.CC#CC.CC(C)/C=C/CCl.CC(C)/C=C/CF.CC(C)/C=C/CN(C)C.COC/C=C/C(C)C. The average molecular weight is 679 g/mol. The molecule has 0 radical (unpaired) electrons. The topological polar surface area (TPSA) is 12.5 Å². The Morgan fingerprint density at radius 2 is 1.07 bits per heavy atom. The van der Waals surface area contributed by atoms with Crippen LogP contribution in [0.3, 0.4) is 0 Å². The van der Waals surface area contributed by atoms with E-state index in [9.17, 15) is 8.78 Å². The minimum atomic E-state index is -0.335. The number of alkyl halides is 2. The molecule has 0 aliphatic heterocycles. The second kappa shape index (κ2) is 62.0.